The predicted molar refractivity (Wildman–Crippen MR) is 100 cm³/mol. The van der Waals surface area contributed by atoms with Crippen molar-refractivity contribution in [1.82, 2.24) is 0 Å². The number of carbonyl (C=O) groups is 1. The number of piperidine rings is 1. The van der Waals surface area contributed by atoms with E-state index in [9.17, 15) is 4.79 Å². The van der Waals surface area contributed by atoms with Crippen LogP contribution in [0.25, 0.3) is 0 Å². The van der Waals surface area contributed by atoms with E-state index in [0.29, 0.717) is 12.5 Å². The Morgan fingerprint density at radius 1 is 1.08 bits per heavy atom. The number of carbonyl (C=O) groups excluding carboxylic acids is 1. The van der Waals surface area contributed by atoms with Gasteiger partial charge in [-0.15, -0.1) is 0 Å². The van der Waals surface area contributed by atoms with Crippen LogP contribution in [0.3, 0.4) is 0 Å². The van der Waals surface area contributed by atoms with Gasteiger partial charge in [-0.3, -0.25) is 4.79 Å². The summed E-state index contributed by atoms with van der Waals surface area (Å²) in [6.45, 7) is 3.40. The summed E-state index contributed by atoms with van der Waals surface area (Å²) < 4.78 is 0. The van der Waals surface area contributed by atoms with Crippen LogP contribution < -0.4 is 10.2 Å². The fourth-order valence-corrected chi connectivity index (χ4v) is 3.49. The summed E-state index contributed by atoms with van der Waals surface area (Å²) in [5.41, 5.74) is 3.16. The summed E-state index contributed by atoms with van der Waals surface area (Å²) in [6, 6.07) is 18.8. The molecule has 2 aromatic rings. The first-order chi connectivity index (χ1) is 11.8. The zero-order valence-corrected chi connectivity index (χ0v) is 14.4. The molecule has 3 rings (SSSR count). The average molecular weight is 322 g/mol. The summed E-state index contributed by atoms with van der Waals surface area (Å²) in [5.74, 6) is 0.0263. The van der Waals surface area contributed by atoms with Crippen molar-refractivity contribution in [2.45, 2.75) is 45.1 Å². The van der Waals surface area contributed by atoms with E-state index in [4.69, 9.17) is 0 Å². The fraction of sp³-hybridized carbons (Fsp3) is 0.381. The maximum absolute atomic E-state index is 12.1. The lowest BCUT2D eigenvalue weighted by atomic mass is 9.99. The third-order valence-corrected chi connectivity index (χ3v) is 4.79. The molecule has 1 fully saturated rings. The van der Waals surface area contributed by atoms with Crippen LogP contribution >= 0.6 is 0 Å². The highest BCUT2D eigenvalue weighted by Crippen LogP contribution is 2.27. The molecule has 2 aromatic carbocycles. The molecule has 0 aliphatic carbocycles. The fourth-order valence-electron chi connectivity index (χ4n) is 3.49. The minimum atomic E-state index is 0.0263. The number of rotatable bonds is 5. The molecule has 1 aliphatic heterocycles. The molecule has 0 radical (unpaired) electrons. The zero-order valence-electron chi connectivity index (χ0n) is 14.4. The van der Waals surface area contributed by atoms with Gasteiger partial charge in [-0.25, -0.2) is 0 Å². The first-order valence-corrected chi connectivity index (χ1v) is 8.96. The maximum atomic E-state index is 12.1. The molecule has 1 heterocycles. The van der Waals surface area contributed by atoms with Crippen molar-refractivity contribution < 1.29 is 4.79 Å². The van der Waals surface area contributed by atoms with Crippen molar-refractivity contribution in [3.63, 3.8) is 0 Å². The Bertz CT molecular complexity index is 651. The van der Waals surface area contributed by atoms with Gasteiger partial charge in [0.2, 0.25) is 5.91 Å². The quantitative estimate of drug-likeness (QED) is 0.870. The Hall–Kier alpha value is -2.29. The van der Waals surface area contributed by atoms with Crippen LogP contribution in [-0.2, 0) is 11.2 Å². The molecule has 24 heavy (non-hydrogen) atoms. The average Bonchev–Trinajstić information content (AvgIpc) is 2.63. The number of nitrogens with one attached hydrogen (secondary N) is 1. The van der Waals surface area contributed by atoms with Gasteiger partial charge >= 0.3 is 0 Å². The zero-order chi connectivity index (χ0) is 16.8. The normalized spacial score (nSPS) is 17.5. The van der Waals surface area contributed by atoms with Crippen molar-refractivity contribution >= 4 is 17.3 Å². The van der Waals surface area contributed by atoms with Crippen molar-refractivity contribution in [3.05, 3.63) is 60.2 Å². The Morgan fingerprint density at radius 3 is 2.54 bits per heavy atom. The van der Waals surface area contributed by atoms with Crippen LogP contribution in [0.15, 0.2) is 54.6 Å². The van der Waals surface area contributed by atoms with Gasteiger partial charge in [0.1, 0.15) is 0 Å². The number of anilines is 2. The second-order valence-electron chi connectivity index (χ2n) is 6.51. The molecule has 1 atom stereocenters. The standard InChI is InChI=1S/C21H26N2O/c1-2-19-10-6-7-15-23(19)20-13-11-18(12-14-20)22-21(24)16-17-8-4-3-5-9-17/h3-5,8-9,11-14,19H,2,6-7,10,15-16H2,1H3,(H,22,24). The lowest BCUT2D eigenvalue weighted by Crippen LogP contribution is -2.39. The SMILES string of the molecule is CCC1CCCCN1c1ccc(NC(=O)Cc2ccccc2)cc1. The number of nitrogens with zero attached hydrogens (tertiary/aromatic N) is 1. The lowest BCUT2D eigenvalue weighted by molar-refractivity contribution is -0.115. The molecule has 126 valence electrons. The Kier molecular flexibility index (Phi) is 5.52. The summed E-state index contributed by atoms with van der Waals surface area (Å²) in [6.07, 6.45) is 5.49. The Morgan fingerprint density at radius 2 is 1.83 bits per heavy atom. The van der Waals surface area contributed by atoms with Crippen molar-refractivity contribution in [2.75, 3.05) is 16.8 Å². The van der Waals surface area contributed by atoms with Gasteiger partial charge in [0.05, 0.1) is 6.42 Å². The first-order valence-electron chi connectivity index (χ1n) is 8.96. The summed E-state index contributed by atoms with van der Waals surface area (Å²) in [5, 5.41) is 2.99. The van der Waals surface area contributed by atoms with E-state index < -0.39 is 0 Å². The van der Waals surface area contributed by atoms with Crippen LogP contribution in [0.5, 0.6) is 0 Å². The maximum Gasteiger partial charge on any atom is 0.228 e. The van der Waals surface area contributed by atoms with Crippen LogP contribution in [-0.4, -0.2) is 18.5 Å². The molecule has 1 aliphatic rings. The van der Waals surface area contributed by atoms with E-state index in [-0.39, 0.29) is 5.91 Å². The topological polar surface area (TPSA) is 32.3 Å². The molecular formula is C21H26N2O. The second kappa shape index (κ2) is 8.00. The third kappa shape index (κ3) is 4.16. The van der Waals surface area contributed by atoms with Gasteiger partial charge in [0.25, 0.3) is 0 Å². The minimum Gasteiger partial charge on any atom is -0.369 e. The number of hydrogen-bond donors (Lipinski definition) is 1. The van der Waals surface area contributed by atoms with E-state index >= 15 is 0 Å². The first kappa shape index (κ1) is 16.6. The summed E-state index contributed by atoms with van der Waals surface area (Å²) in [4.78, 5) is 14.7. The van der Waals surface area contributed by atoms with Crippen LogP contribution in [0.4, 0.5) is 11.4 Å². The molecule has 0 saturated carbocycles. The van der Waals surface area contributed by atoms with Crippen LogP contribution in [0, 0.1) is 0 Å². The van der Waals surface area contributed by atoms with E-state index in [1.165, 1.54) is 31.4 Å². The molecule has 1 N–H and O–H groups in total. The van der Waals surface area contributed by atoms with E-state index in [1.54, 1.807) is 0 Å². The molecule has 3 heteroatoms. The highest BCUT2D eigenvalue weighted by Gasteiger charge is 2.20. The number of benzene rings is 2. The van der Waals surface area contributed by atoms with Gasteiger partial charge in [-0.1, -0.05) is 37.3 Å². The smallest absolute Gasteiger partial charge is 0.228 e. The largest absolute Gasteiger partial charge is 0.369 e. The summed E-state index contributed by atoms with van der Waals surface area (Å²) in [7, 11) is 0. The van der Waals surface area contributed by atoms with Crippen LogP contribution in [0.1, 0.15) is 38.2 Å². The van der Waals surface area contributed by atoms with Crippen LogP contribution in [0.2, 0.25) is 0 Å². The molecule has 1 saturated heterocycles. The highest BCUT2D eigenvalue weighted by atomic mass is 16.1. The molecule has 1 amide bonds. The molecule has 0 aromatic heterocycles. The van der Waals surface area contributed by atoms with Gasteiger partial charge < -0.3 is 10.2 Å². The molecule has 0 spiro atoms. The van der Waals surface area contributed by atoms with Crippen molar-refractivity contribution in [2.24, 2.45) is 0 Å². The van der Waals surface area contributed by atoms with E-state index in [0.717, 1.165) is 17.8 Å². The monoisotopic (exact) mass is 322 g/mol. The molecular weight excluding hydrogens is 296 g/mol. The Labute approximate surface area is 144 Å². The van der Waals surface area contributed by atoms with E-state index in [2.05, 4.69) is 29.3 Å². The summed E-state index contributed by atoms with van der Waals surface area (Å²) >= 11 is 0. The number of hydrogen-bond acceptors (Lipinski definition) is 2. The second-order valence-corrected chi connectivity index (χ2v) is 6.51. The van der Waals surface area contributed by atoms with Gasteiger partial charge in [0.15, 0.2) is 0 Å². The van der Waals surface area contributed by atoms with Crippen molar-refractivity contribution in [1.29, 1.82) is 0 Å². The Balaban J connectivity index is 1.61. The number of amides is 1. The molecule has 3 nitrogen and oxygen atoms in total. The highest BCUT2D eigenvalue weighted by molar-refractivity contribution is 5.92. The van der Waals surface area contributed by atoms with E-state index in [1.807, 2.05) is 42.5 Å². The lowest BCUT2D eigenvalue weighted by Gasteiger charge is -2.37. The minimum absolute atomic E-state index is 0.0263. The van der Waals surface area contributed by atoms with Gasteiger partial charge in [0, 0.05) is 24.0 Å². The molecule has 1 unspecified atom stereocenters. The predicted octanol–water partition coefficient (Wildman–Crippen LogP) is 4.64. The van der Waals surface area contributed by atoms with Gasteiger partial charge in [-0.05, 0) is 55.5 Å². The van der Waals surface area contributed by atoms with Gasteiger partial charge in [-0.2, -0.15) is 0 Å². The molecule has 0 bridgehead atoms. The third-order valence-electron chi connectivity index (χ3n) is 4.79. The van der Waals surface area contributed by atoms with Crippen molar-refractivity contribution in [3.8, 4) is 0 Å².